The number of para-hydroxylation sites is 1. The van der Waals surface area contributed by atoms with Gasteiger partial charge in [-0.1, -0.05) is 34.1 Å². The minimum atomic E-state index is -1.15. The number of amides is 1. The second-order valence-corrected chi connectivity index (χ2v) is 7.71. The standard InChI is InChI=1S/C21H21BrN2O7/c1-30-16-6-3-5-14(19(16)31-2)18-17(21(26)27)13-8-7-12(24(28)29)11-15(13)20(25)23(18)10-4-9-22/h3,5-8,11,17-18H,4,9-10H2,1-2H3,(H,26,27)/t17-,18-/m1/s1. The minimum Gasteiger partial charge on any atom is -0.493 e. The molecule has 3 rings (SSSR count). The fourth-order valence-corrected chi connectivity index (χ4v) is 4.23. The zero-order valence-corrected chi connectivity index (χ0v) is 18.5. The van der Waals surface area contributed by atoms with Gasteiger partial charge in [-0.15, -0.1) is 0 Å². The Hall–Kier alpha value is -3.14. The van der Waals surface area contributed by atoms with E-state index in [4.69, 9.17) is 9.47 Å². The summed E-state index contributed by atoms with van der Waals surface area (Å²) in [7, 11) is 2.92. The lowest BCUT2D eigenvalue weighted by molar-refractivity contribution is -0.384. The number of hydrogen-bond acceptors (Lipinski definition) is 6. The van der Waals surface area contributed by atoms with Gasteiger partial charge in [0.25, 0.3) is 11.6 Å². The highest BCUT2D eigenvalue weighted by Gasteiger charge is 2.46. The van der Waals surface area contributed by atoms with Crippen molar-refractivity contribution >= 4 is 33.5 Å². The number of hydrogen-bond donors (Lipinski definition) is 1. The number of carboxylic acid groups (broad SMARTS) is 1. The highest BCUT2D eigenvalue weighted by atomic mass is 79.9. The first-order valence-corrected chi connectivity index (χ1v) is 10.6. The molecule has 2 atom stereocenters. The van der Waals surface area contributed by atoms with Crippen LogP contribution in [0.25, 0.3) is 0 Å². The number of aliphatic carboxylic acids is 1. The fourth-order valence-electron chi connectivity index (χ4n) is 3.98. The number of carboxylic acids is 1. The van der Waals surface area contributed by atoms with E-state index in [9.17, 15) is 24.8 Å². The smallest absolute Gasteiger partial charge is 0.313 e. The number of ether oxygens (including phenoxy) is 2. The number of nitro benzene ring substituents is 1. The summed E-state index contributed by atoms with van der Waals surface area (Å²) >= 11 is 3.34. The molecule has 1 N–H and O–H groups in total. The van der Waals surface area contributed by atoms with E-state index in [1.165, 1.54) is 31.3 Å². The molecule has 0 bridgehead atoms. The predicted octanol–water partition coefficient (Wildman–Crippen LogP) is 3.76. The van der Waals surface area contributed by atoms with Crippen molar-refractivity contribution in [2.45, 2.75) is 18.4 Å². The van der Waals surface area contributed by atoms with Crippen LogP contribution in [0.5, 0.6) is 11.5 Å². The Bertz CT molecular complexity index is 1030. The molecule has 31 heavy (non-hydrogen) atoms. The van der Waals surface area contributed by atoms with Crippen LogP contribution < -0.4 is 9.47 Å². The van der Waals surface area contributed by atoms with Crippen molar-refractivity contribution in [2.24, 2.45) is 0 Å². The molecule has 0 saturated heterocycles. The lowest BCUT2D eigenvalue weighted by Gasteiger charge is -2.41. The third-order valence-electron chi connectivity index (χ3n) is 5.28. The maximum Gasteiger partial charge on any atom is 0.313 e. The van der Waals surface area contributed by atoms with Crippen molar-refractivity contribution in [3.63, 3.8) is 0 Å². The molecule has 0 radical (unpaired) electrons. The highest BCUT2D eigenvalue weighted by Crippen LogP contribution is 2.48. The average Bonchev–Trinajstić information content (AvgIpc) is 2.76. The summed E-state index contributed by atoms with van der Waals surface area (Å²) in [6.07, 6.45) is 0.561. The first-order chi connectivity index (χ1) is 14.8. The molecule has 1 aliphatic rings. The number of halogens is 1. The molecule has 0 saturated carbocycles. The van der Waals surface area contributed by atoms with Crippen LogP contribution in [0.15, 0.2) is 36.4 Å². The summed E-state index contributed by atoms with van der Waals surface area (Å²) in [4.78, 5) is 37.9. The van der Waals surface area contributed by atoms with Gasteiger partial charge in [0.1, 0.15) is 5.92 Å². The number of carbonyl (C=O) groups is 2. The van der Waals surface area contributed by atoms with Gasteiger partial charge < -0.3 is 19.5 Å². The SMILES string of the molecule is COc1cccc([C@@H]2[C@H](C(=O)O)c3ccc([N+](=O)[O-])cc3C(=O)N2CCCBr)c1OC. The Balaban J connectivity index is 2.28. The molecule has 0 spiro atoms. The van der Waals surface area contributed by atoms with E-state index in [1.807, 2.05) is 0 Å². The minimum absolute atomic E-state index is 0.0225. The number of alkyl halides is 1. The highest BCUT2D eigenvalue weighted by molar-refractivity contribution is 9.09. The number of carbonyl (C=O) groups excluding carboxylic acids is 1. The Labute approximate surface area is 186 Å². The maximum absolute atomic E-state index is 13.4. The number of benzene rings is 2. The third-order valence-corrected chi connectivity index (χ3v) is 5.84. The van der Waals surface area contributed by atoms with E-state index in [-0.39, 0.29) is 23.4 Å². The van der Waals surface area contributed by atoms with Gasteiger partial charge in [0.05, 0.1) is 30.7 Å². The molecule has 2 aromatic carbocycles. The van der Waals surface area contributed by atoms with E-state index >= 15 is 0 Å². The van der Waals surface area contributed by atoms with Crippen LogP contribution in [0, 0.1) is 10.1 Å². The topological polar surface area (TPSA) is 119 Å². The van der Waals surface area contributed by atoms with Crippen LogP contribution in [-0.4, -0.2) is 52.9 Å². The average molecular weight is 493 g/mol. The number of rotatable bonds is 8. The van der Waals surface area contributed by atoms with Gasteiger partial charge in [-0.3, -0.25) is 19.7 Å². The van der Waals surface area contributed by atoms with Crippen molar-refractivity contribution in [2.75, 3.05) is 26.1 Å². The summed E-state index contributed by atoms with van der Waals surface area (Å²) in [5.74, 6) is -2.02. The van der Waals surface area contributed by atoms with E-state index in [2.05, 4.69) is 15.9 Å². The van der Waals surface area contributed by atoms with Crippen LogP contribution >= 0.6 is 15.9 Å². The summed E-state index contributed by atoms with van der Waals surface area (Å²) in [5, 5.41) is 22.0. The molecule has 0 unspecified atom stereocenters. The van der Waals surface area contributed by atoms with Gasteiger partial charge in [-0.25, -0.2) is 0 Å². The Kier molecular flexibility index (Phi) is 6.79. The van der Waals surface area contributed by atoms with Crippen LogP contribution in [0.3, 0.4) is 0 Å². The molecule has 1 aliphatic heterocycles. The Morgan fingerprint density at radius 3 is 2.55 bits per heavy atom. The van der Waals surface area contributed by atoms with E-state index < -0.39 is 28.8 Å². The first-order valence-electron chi connectivity index (χ1n) is 9.44. The summed E-state index contributed by atoms with van der Waals surface area (Å²) in [6, 6.07) is 7.92. The summed E-state index contributed by atoms with van der Waals surface area (Å²) in [5.41, 5.74) is 0.470. The summed E-state index contributed by atoms with van der Waals surface area (Å²) < 4.78 is 10.9. The molecule has 164 valence electrons. The van der Waals surface area contributed by atoms with E-state index in [0.29, 0.717) is 28.8 Å². The predicted molar refractivity (Wildman–Crippen MR) is 115 cm³/mol. The van der Waals surface area contributed by atoms with Crippen molar-refractivity contribution in [3.8, 4) is 11.5 Å². The Morgan fingerprint density at radius 1 is 1.23 bits per heavy atom. The molecule has 9 nitrogen and oxygen atoms in total. The van der Waals surface area contributed by atoms with Gasteiger partial charge in [0, 0.05) is 29.6 Å². The number of non-ortho nitro benzene ring substituents is 1. The van der Waals surface area contributed by atoms with Crippen molar-refractivity contribution in [3.05, 3.63) is 63.2 Å². The molecule has 0 fully saturated rings. The van der Waals surface area contributed by atoms with Crippen molar-refractivity contribution in [1.29, 1.82) is 0 Å². The third kappa shape index (κ3) is 4.07. The lowest BCUT2D eigenvalue weighted by Crippen LogP contribution is -2.45. The van der Waals surface area contributed by atoms with Crippen LogP contribution in [0.4, 0.5) is 5.69 Å². The molecule has 2 aromatic rings. The molecule has 10 heteroatoms. The monoisotopic (exact) mass is 492 g/mol. The molecule has 0 aromatic heterocycles. The summed E-state index contributed by atoms with van der Waals surface area (Å²) in [6.45, 7) is 0.251. The maximum atomic E-state index is 13.4. The zero-order valence-electron chi connectivity index (χ0n) is 16.9. The number of methoxy groups -OCH3 is 2. The lowest BCUT2D eigenvalue weighted by atomic mass is 9.79. The van der Waals surface area contributed by atoms with Crippen molar-refractivity contribution < 1.29 is 29.1 Å². The van der Waals surface area contributed by atoms with Gasteiger partial charge in [-0.2, -0.15) is 0 Å². The normalized spacial score (nSPS) is 17.8. The largest absolute Gasteiger partial charge is 0.493 e. The second-order valence-electron chi connectivity index (χ2n) is 6.91. The zero-order chi connectivity index (χ0) is 22.7. The first kappa shape index (κ1) is 22.5. The van der Waals surface area contributed by atoms with Gasteiger partial charge in [-0.05, 0) is 18.1 Å². The van der Waals surface area contributed by atoms with Gasteiger partial charge in [0.2, 0.25) is 0 Å². The van der Waals surface area contributed by atoms with E-state index in [0.717, 1.165) is 6.07 Å². The van der Waals surface area contributed by atoms with E-state index in [1.54, 1.807) is 18.2 Å². The molecular formula is C21H21BrN2O7. The molecule has 1 amide bonds. The number of fused-ring (bicyclic) bond motifs is 1. The molecule has 0 aliphatic carbocycles. The second kappa shape index (κ2) is 9.34. The quantitative estimate of drug-likeness (QED) is 0.338. The molecule has 1 heterocycles. The van der Waals surface area contributed by atoms with Crippen LogP contribution in [0.1, 0.15) is 39.9 Å². The fraction of sp³-hybridized carbons (Fsp3) is 0.333. The Morgan fingerprint density at radius 2 is 1.97 bits per heavy atom. The van der Waals surface area contributed by atoms with Crippen LogP contribution in [0.2, 0.25) is 0 Å². The van der Waals surface area contributed by atoms with Crippen molar-refractivity contribution in [1.82, 2.24) is 4.90 Å². The van der Waals surface area contributed by atoms with Gasteiger partial charge >= 0.3 is 5.97 Å². The van der Waals surface area contributed by atoms with Crippen LogP contribution in [-0.2, 0) is 4.79 Å². The number of nitro groups is 1. The van der Waals surface area contributed by atoms with Gasteiger partial charge in [0.15, 0.2) is 11.5 Å². The number of nitrogens with zero attached hydrogens (tertiary/aromatic N) is 2. The molecular weight excluding hydrogens is 472 g/mol.